The van der Waals surface area contributed by atoms with Crippen molar-refractivity contribution >= 4 is 9.84 Å². The first-order valence-electron chi connectivity index (χ1n) is 9.19. The van der Waals surface area contributed by atoms with Crippen molar-refractivity contribution in [3.8, 4) is 0 Å². The van der Waals surface area contributed by atoms with Crippen LogP contribution in [0.5, 0.6) is 0 Å². The van der Waals surface area contributed by atoms with Gasteiger partial charge in [0.25, 0.3) is 0 Å². The van der Waals surface area contributed by atoms with Gasteiger partial charge in [-0.3, -0.25) is 5.32 Å². The van der Waals surface area contributed by atoms with Crippen LogP contribution >= 0.6 is 0 Å². The molecule has 2 aromatic rings. The van der Waals surface area contributed by atoms with Gasteiger partial charge in [0, 0.05) is 6.61 Å². The molecule has 3 atom stereocenters. The largest absolute Gasteiger partial charge is 0.377 e. The SMILES string of the molecule is CCOC(C)[C@@]1(CC)CS(=O)(=O)c2ccccc2[C@H](c2ccccc2)N1. The Morgan fingerprint density at radius 3 is 2.42 bits per heavy atom. The lowest BCUT2D eigenvalue weighted by Crippen LogP contribution is -2.58. The Balaban J connectivity index is 2.21. The first-order chi connectivity index (χ1) is 12.4. The maximum atomic E-state index is 13.3. The average molecular weight is 374 g/mol. The molecule has 1 N–H and O–H groups in total. The van der Waals surface area contributed by atoms with E-state index in [0.717, 1.165) is 11.1 Å². The molecule has 2 aromatic carbocycles. The van der Waals surface area contributed by atoms with E-state index in [1.165, 1.54) is 0 Å². The molecule has 3 rings (SSSR count). The van der Waals surface area contributed by atoms with Crippen LogP contribution < -0.4 is 5.32 Å². The molecule has 0 radical (unpaired) electrons. The monoisotopic (exact) mass is 373 g/mol. The summed E-state index contributed by atoms with van der Waals surface area (Å²) in [6.45, 7) is 6.48. The number of ether oxygens (including phenoxy) is 1. The molecule has 0 bridgehead atoms. The van der Waals surface area contributed by atoms with Crippen LogP contribution in [-0.4, -0.2) is 32.4 Å². The van der Waals surface area contributed by atoms with Gasteiger partial charge in [-0.05, 0) is 37.5 Å². The lowest BCUT2D eigenvalue weighted by Gasteiger charge is -2.40. The van der Waals surface area contributed by atoms with E-state index in [4.69, 9.17) is 4.74 Å². The van der Waals surface area contributed by atoms with Gasteiger partial charge in [-0.2, -0.15) is 0 Å². The van der Waals surface area contributed by atoms with Crippen molar-refractivity contribution in [2.24, 2.45) is 0 Å². The van der Waals surface area contributed by atoms with E-state index in [1.807, 2.05) is 63.2 Å². The van der Waals surface area contributed by atoms with E-state index in [-0.39, 0.29) is 17.9 Å². The van der Waals surface area contributed by atoms with Crippen molar-refractivity contribution in [3.63, 3.8) is 0 Å². The third-order valence-electron chi connectivity index (χ3n) is 5.40. The highest BCUT2D eigenvalue weighted by Crippen LogP contribution is 2.37. The first kappa shape index (κ1) is 19.1. The van der Waals surface area contributed by atoms with Crippen molar-refractivity contribution in [3.05, 3.63) is 65.7 Å². The zero-order valence-corrected chi connectivity index (χ0v) is 16.4. The maximum Gasteiger partial charge on any atom is 0.180 e. The molecular formula is C21H27NO3S. The number of sulfone groups is 1. The van der Waals surface area contributed by atoms with Gasteiger partial charge in [0.05, 0.1) is 28.3 Å². The molecule has 4 nitrogen and oxygen atoms in total. The third kappa shape index (κ3) is 3.43. The highest BCUT2D eigenvalue weighted by Gasteiger charge is 2.45. The van der Waals surface area contributed by atoms with Gasteiger partial charge in [-0.25, -0.2) is 8.42 Å². The lowest BCUT2D eigenvalue weighted by molar-refractivity contribution is 0.00630. The summed E-state index contributed by atoms with van der Waals surface area (Å²) in [7, 11) is -3.44. The van der Waals surface area contributed by atoms with Gasteiger partial charge in [0.15, 0.2) is 9.84 Å². The van der Waals surface area contributed by atoms with Gasteiger partial charge in [0.2, 0.25) is 0 Å². The number of nitrogens with one attached hydrogen (secondary N) is 1. The van der Waals surface area contributed by atoms with Crippen LogP contribution in [0.4, 0.5) is 0 Å². The molecule has 140 valence electrons. The molecule has 0 amide bonds. The molecule has 0 spiro atoms. The molecule has 26 heavy (non-hydrogen) atoms. The molecule has 0 fully saturated rings. The van der Waals surface area contributed by atoms with E-state index in [1.54, 1.807) is 12.1 Å². The molecular weight excluding hydrogens is 346 g/mol. The molecule has 1 heterocycles. The Labute approximate surface area is 156 Å². The van der Waals surface area contributed by atoms with Crippen LogP contribution in [0.3, 0.4) is 0 Å². The van der Waals surface area contributed by atoms with Crippen molar-refractivity contribution in [2.75, 3.05) is 12.4 Å². The van der Waals surface area contributed by atoms with Crippen LogP contribution in [0.1, 0.15) is 44.4 Å². The molecule has 1 aliphatic heterocycles. The second-order valence-corrected chi connectivity index (χ2v) is 8.85. The van der Waals surface area contributed by atoms with Crippen molar-refractivity contribution in [2.45, 2.75) is 49.8 Å². The molecule has 5 heteroatoms. The topological polar surface area (TPSA) is 55.4 Å². The second kappa shape index (κ2) is 7.51. The van der Waals surface area contributed by atoms with E-state index in [9.17, 15) is 8.42 Å². The van der Waals surface area contributed by atoms with Gasteiger partial charge in [0.1, 0.15) is 0 Å². The van der Waals surface area contributed by atoms with E-state index < -0.39 is 15.4 Å². The Morgan fingerprint density at radius 2 is 1.77 bits per heavy atom. The first-order valence-corrected chi connectivity index (χ1v) is 10.8. The maximum absolute atomic E-state index is 13.3. The molecule has 0 saturated heterocycles. The van der Waals surface area contributed by atoms with Crippen LogP contribution in [0.15, 0.2) is 59.5 Å². The standard InChI is InChI=1S/C21H27NO3S/c1-4-21(16(3)25-5-2)15-26(23,24)19-14-10-9-13-18(19)20(22-21)17-11-7-6-8-12-17/h6-14,16,20,22H,4-5,15H2,1-3H3/t16?,20-,21+/m0/s1. The van der Waals surface area contributed by atoms with Crippen LogP contribution in [0.2, 0.25) is 0 Å². The van der Waals surface area contributed by atoms with Gasteiger partial charge in [-0.15, -0.1) is 0 Å². The minimum Gasteiger partial charge on any atom is -0.377 e. The summed E-state index contributed by atoms with van der Waals surface area (Å²) in [5.41, 5.74) is 1.20. The highest BCUT2D eigenvalue weighted by molar-refractivity contribution is 7.91. The van der Waals surface area contributed by atoms with Crippen LogP contribution in [-0.2, 0) is 14.6 Å². The normalized spacial score (nSPS) is 25.9. The van der Waals surface area contributed by atoms with Gasteiger partial charge in [-0.1, -0.05) is 55.5 Å². The Bertz CT molecular complexity index is 851. The third-order valence-corrected chi connectivity index (χ3v) is 7.34. The predicted octanol–water partition coefficient (Wildman–Crippen LogP) is 3.73. The lowest BCUT2D eigenvalue weighted by atomic mass is 9.88. The zero-order chi connectivity index (χ0) is 18.8. The minimum absolute atomic E-state index is 0.0258. The summed E-state index contributed by atoms with van der Waals surface area (Å²) in [4.78, 5) is 0.417. The minimum atomic E-state index is -3.44. The van der Waals surface area contributed by atoms with E-state index in [0.29, 0.717) is 17.9 Å². The van der Waals surface area contributed by atoms with Crippen molar-refractivity contribution in [1.29, 1.82) is 0 Å². The fourth-order valence-corrected chi connectivity index (χ4v) is 6.06. The van der Waals surface area contributed by atoms with E-state index >= 15 is 0 Å². The number of benzene rings is 2. The van der Waals surface area contributed by atoms with Crippen molar-refractivity contribution in [1.82, 2.24) is 5.32 Å². The summed E-state index contributed by atoms with van der Waals surface area (Å²) >= 11 is 0. The second-order valence-electron chi connectivity index (χ2n) is 6.89. The summed E-state index contributed by atoms with van der Waals surface area (Å²) in [6.07, 6.45) is 0.429. The molecule has 1 aliphatic rings. The average Bonchev–Trinajstić information content (AvgIpc) is 2.76. The number of hydrogen-bond acceptors (Lipinski definition) is 4. The summed E-state index contributed by atoms with van der Waals surface area (Å²) < 4.78 is 32.4. The molecule has 0 aromatic heterocycles. The Morgan fingerprint density at radius 1 is 1.12 bits per heavy atom. The van der Waals surface area contributed by atoms with Crippen molar-refractivity contribution < 1.29 is 13.2 Å². The zero-order valence-electron chi connectivity index (χ0n) is 15.6. The number of hydrogen-bond donors (Lipinski definition) is 1. The fourth-order valence-electron chi connectivity index (χ4n) is 3.87. The summed E-state index contributed by atoms with van der Waals surface area (Å²) in [5.74, 6) is 0.0258. The number of fused-ring (bicyclic) bond motifs is 1. The van der Waals surface area contributed by atoms with Crippen LogP contribution in [0, 0.1) is 0 Å². The Hall–Kier alpha value is -1.69. The fraction of sp³-hybridized carbons (Fsp3) is 0.429. The van der Waals surface area contributed by atoms with Gasteiger partial charge >= 0.3 is 0 Å². The molecule has 1 unspecified atom stereocenters. The number of rotatable bonds is 5. The van der Waals surface area contributed by atoms with Gasteiger partial charge < -0.3 is 4.74 Å². The molecule has 0 saturated carbocycles. The predicted molar refractivity (Wildman–Crippen MR) is 104 cm³/mol. The summed E-state index contributed by atoms with van der Waals surface area (Å²) in [6, 6.07) is 17.1. The van der Waals surface area contributed by atoms with Crippen LogP contribution in [0.25, 0.3) is 0 Å². The molecule has 0 aliphatic carbocycles. The van der Waals surface area contributed by atoms with E-state index in [2.05, 4.69) is 5.32 Å². The quantitative estimate of drug-likeness (QED) is 0.868. The summed E-state index contributed by atoms with van der Waals surface area (Å²) in [5, 5.41) is 3.69. The smallest absolute Gasteiger partial charge is 0.180 e. The highest BCUT2D eigenvalue weighted by atomic mass is 32.2. The Kier molecular flexibility index (Phi) is 5.51.